The van der Waals surface area contributed by atoms with Gasteiger partial charge in [-0.1, -0.05) is 24.3 Å². The van der Waals surface area contributed by atoms with Crippen LogP contribution in [0, 0.1) is 6.92 Å². The number of rotatable bonds is 3. The van der Waals surface area contributed by atoms with E-state index in [0.717, 1.165) is 13.1 Å². The van der Waals surface area contributed by atoms with Gasteiger partial charge >= 0.3 is 0 Å². The van der Waals surface area contributed by atoms with Crippen LogP contribution in [0.2, 0.25) is 0 Å². The molecule has 0 bridgehead atoms. The van der Waals surface area contributed by atoms with Crippen molar-refractivity contribution in [2.75, 3.05) is 7.05 Å². The largest absolute Gasteiger partial charge is 0.337 e. The first-order valence-corrected chi connectivity index (χ1v) is 8.14. The Bertz CT molecular complexity index is 590. The van der Waals surface area contributed by atoms with E-state index in [4.69, 9.17) is 0 Å². The quantitative estimate of drug-likeness (QED) is 0.718. The first-order chi connectivity index (χ1) is 8.99. The Balaban J connectivity index is 2.14. The lowest BCUT2D eigenvalue weighted by atomic mass is 10.1. The van der Waals surface area contributed by atoms with Gasteiger partial charge in [-0.15, -0.1) is 11.3 Å². The number of amides is 1. The second-order valence-electron chi connectivity index (χ2n) is 4.32. The summed E-state index contributed by atoms with van der Waals surface area (Å²) in [6.45, 7) is 2.69. The third-order valence-corrected chi connectivity index (χ3v) is 6.12. The van der Waals surface area contributed by atoms with Crippen LogP contribution in [0.3, 0.4) is 0 Å². The van der Waals surface area contributed by atoms with Gasteiger partial charge in [0.1, 0.15) is 0 Å². The van der Waals surface area contributed by atoms with E-state index in [1.54, 1.807) is 4.90 Å². The summed E-state index contributed by atoms with van der Waals surface area (Å²) in [5.74, 6) is 0.0413. The lowest BCUT2D eigenvalue weighted by Gasteiger charge is -2.17. The van der Waals surface area contributed by atoms with Gasteiger partial charge in [-0.05, 0) is 56.0 Å². The number of hydrogen-bond donors (Lipinski definition) is 0. The molecule has 0 radical (unpaired) electrons. The Kier molecular flexibility index (Phi) is 4.81. The van der Waals surface area contributed by atoms with Crippen LogP contribution < -0.4 is 0 Å². The Morgan fingerprint density at radius 1 is 1.32 bits per heavy atom. The topological polar surface area (TPSA) is 20.3 Å². The zero-order valence-corrected chi connectivity index (χ0v) is 14.6. The molecular formula is C14H13Br2NOS. The van der Waals surface area contributed by atoms with E-state index in [2.05, 4.69) is 50.9 Å². The smallest absolute Gasteiger partial charge is 0.264 e. The molecule has 1 heterocycles. The van der Waals surface area contributed by atoms with Crippen LogP contribution in [0.4, 0.5) is 0 Å². The third kappa shape index (κ3) is 3.46. The van der Waals surface area contributed by atoms with Crippen LogP contribution >= 0.6 is 43.2 Å². The Morgan fingerprint density at radius 2 is 2.00 bits per heavy atom. The second kappa shape index (κ2) is 6.20. The molecule has 5 heteroatoms. The van der Waals surface area contributed by atoms with E-state index >= 15 is 0 Å². The van der Waals surface area contributed by atoms with Crippen molar-refractivity contribution in [1.82, 2.24) is 4.90 Å². The van der Waals surface area contributed by atoms with Crippen LogP contribution in [0.1, 0.15) is 20.8 Å². The number of nitrogens with zero attached hydrogens (tertiary/aromatic N) is 1. The zero-order valence-electron chi connectivity index (χ0n) is 10.6. The summed E-state index contributed by atoms with van der Waals surface area (Å²) in [4.78, 5) is 14.8. The average molecular weight is 403 g/mol. The SMILES string of the molecule is Cc1ccccc1CN(C)C(=O)c1cc(Br)c(Br)s1. The van der Waals surface area contributed by atoms with Gasteiger partial charge in [0.2, 0.25) is 0 Å². The summed E-state index contributed by atoms with van der Waals surface area (Å²) in [5, 5.41) is 0. The van der Waals surface area contributed by atoms with Crippen LogP contribution in [0.25, 0.3) is 0 Å². The number of hydrogen-bond acceptors (Lipinski definition) is 2. The summed E-state index contributed by atoms with van der Waals surface area (Å²) >= 11 is 8.26. The van der Waals surface area contributed by atoms with Crippen molar-refractivity contribution < 1.29 is 4.79 Å². The Labute approximate surface area is 133 Å². The van der Waals surface area contributed by atoms with E-state index in [1.165, 1.54) is 22.5 Å². The fourth-order valence-electron chi connectivity index (χ4n) is 1.75. The van der Waals surface area contributed by atoms with Crippen LogP contribution in [0.5, 0.6) is 0 Å². The monoisotopic (exact) mass is 401 g/mol. The van der Waals surface area contributed by atoms with Gasteiger partial charge in [0.25, 0.3) is 5.91 Å². The van der Waals surface area contributed by atoms with Crippen molar-refractivity contribution >= 4 is 49.1 Å². The van der Waals surface area contributed by atoms with Crippen molar-refractivity contribution in [3.05, 3.63) is 54.6 Å². The molecule has 0 N–H and O–H groups in total. The number of halogens is 2. The molecule has 2 nitrogen and oxygen atoms in total. The standard InChI is InChI=1S/C14H13Br2NOS/c1-9-5-3-4-6-10(9)8-17(2)14(18)12-7-11(15)13(16)19-12/h3-7H,8H2,1-2H3. The van der Waals surface area contributed by atoms with Gasteiger partial charge in [0, 0.05) is 18.1 Å². The Morgan fingerprint density at radius 3 is 2.58 bits per heavy atom. The van der Waals surface area contributed by atoms with Crippen molar-refractivity contribution in [1.29, 1.82) is 0 Å². The van der Waals surface area contributed by atoms with Crippen LogP contribution in [-0.2, 0) is 6.54 Å². The highest BCUT2D eigenvalue weighted by Gasteiger charge is 2.16. The van der Waals surface area contributed by atoms with Crippen LogP contribution in [-0.4, -0.2) is 17.9 Å². The van der Waals surface area contributed by atoms with Gasteiger partial charge < -0.3 is 4.90 Å². The number of carbonyl (C=O) groups is 1. The number of aryl methyl sites for hydroxylation is 1. The molecule has 1 amide bonds. The highest BCUT2D eigenvalue weighted by Crippen LogP contribution is 2.33. The van der Waals surface area contributed by atoms with Crippen molar-refractivity contribution in [2.45, 2.75) is 13.5 Å². The number of benzene rings is 1. The van der Waals surface area contributed by atoms with Crippen molar-refractivity contribution in [3.8, 4) is 0 Å². The maximum Gasteiger partial charge on any atom is 0.264 e. The van der Waals surface area contributed by atoms with Crippen molar-refractivity contribution in [3.63, 3.8) is 0 Å². The van der Waals surface area contributed by atoms with E-state index in [1.807, 2.05) is 25.2 Å². The maximum atomic E-state index is 12.3. The minimum Gasteiger partial charge on any atom is -0.337 e. The molecule has 0 fully saturated rings. The van der Waals surface area contributed by atoms with Gasteiger partial charge in [-0.2, -0.15) is 0 Å². The number of thiophene rings is 1. The summed E-state index contributed by atoms with van der Waals surface area (Å²) in [6, 6.07) is 9.98. The van der Waals surface area contributed by atoms with Gasteiger partial charge in [0.05, 0.1) is 8.66 Å². The third-order valence-electron chi connectivity index (χ3n) is 2.87. The molecule has 0 spiro atoms. The molecule has 1 aromatic carbocycles. The molecule has 1 aromatic heterocycles. The second-order valence-corrected chi connectivity index (χ2v) is 7.54. The fourth-order valence-corrected chi connectivity index (χ4v) is 3.79. The lowest BCUT2D eigenvalue weighted by Crippen LogP contribution is -2.25. The van der Waals surface area contributed by atoms with E-state index < -0.39 is 0 Å². The molecule has 2 aromatic rings. The molecule has 19 heavy (non-hydrogen) atoms. The normalized spacial score (nSPS) is 10.5. The Hall–Kier alpha value is -0.650. The molecule has 0 atom stereocenters. The van der Waals surface area contributed by atoms with E-state index in [-0.39, 0.29) is 5.91 Å². The minimum absolute atomic E-state index is 0.0413. The molecular weight excluding hydrogens is 390 g/mol. The maximum absolute atomic E-state index is 12.3. The van der Waals surface area contributed by atoms with Gasteiger partial charge in [-0.25, -0.2) is 0 Å². The minimum atomic E-state index is 0.0413. The molecule has 2 rings (SSSR count). The van der Waals surface area contributed by atoms with Gasteiger partial charge in [0.15, 0.2) is 0 Å². The molecule has 0 saturated heterocycles. The predicted octanol–water partition coefficient (Wildman–Crippen LogP) is 4.85. The van der Waals surface area contributed by atoms with E-state index in [0.29, 0.717) is 6.54 Å². The summed E-state index contributed by atoms with van der Waals surface area (Å²) in [6.07, 6.45) is 0. The summed E-state index contributed by atoms with van der Waals surface area (Å²) in [5.41, 5.74) is 2.38. The summed E-state index contributed by atoms with van der Waals surface area (Å²) < 4.78 is 1.87. The fraction of sp³-hybridized carbons (Fsp3) is 0.214. The number of carbonyl (C=O) groups excluding carboxylic acids is 1. The molecule has 100 valence electrons. The molecule has 0 aliphatic heterocycles. The first-order valence-electron chi connectivity index (χ1n) is 5.74. The molecule has 0 aliphatic carbocycles. The van der Waals surface area contributed by atoms with E-state index in [9.17, 15) is 4.79 Å². The lowest BCUT2D eigenvalue weighted by molar-refractivity contribution is 0.0789. The molecule has 0 aliphatic rings. The van der Waals surface area contributed by atoms with Gasteiger partial charge in [-0.3, -0.25) is 4.79 Å². The first kappa shape index (κ1) is 14.8. The average Bonchev–Trinajstić information content (AvgIpc) is 2.71. The predicted molar refractivity (Wildman–Crippen MR) is 86.7 cm³/mol. The molecule has 0 unspecified atom stereocenters. The zero-order chi connectivity index (χ0) is 14.0. The highest BCUT2D eigenvalue weighted by molar-refractivity contribution is 9.13. The molecule has 0 saturated carbocycles. The highest BCUT2D eigenvalue weighted by atomic mass is 79.9. The van der Waals surface area contributed by atoms with Crippen LogP contribution in [0.15, 0.2) is 38.6 Å². The van der Waals surface area contributed by atoms with Crippen molar-refractivity contribution in [2.24, 2.45) is 0 Å². The summed E-state index contributed by atoms with van der Waals surface area (Å²) in [7, 11) is 1.83.